The van der Waals surface area contributed by atoms with Gasteiger partial charge in [-0.2, -0.15) is 5.10 Å². The van der Waals surface area contributed by atoms with Crippen molar-refractivity contribution in [3.63, 3.8) is 0 Å². The van der Waals surface area contributed by atoms with Crippen molar-refractivity contribution < 1.29 is 14.8 Å². The molecule has 0 amide bonds. The molecule has 0 aliphatic rings. The van der Waals surface area contributed by atoms with E-state index in [4.69, 9.17) is 0 Å². The largest absolute Gasteiger partial charge is 0.477 e. The number of benzene rings is 1. The summed E-state index contributed by atoms with van der Waals surface area (Å²) in [5, 5.41) is 23.9. The number of fused-ring (bicyclic) bond motifs is 1. The topological polar surface area (TPSA) is 111 Å². The van der Waals surface area contributed by atoms with Gasteiger partial charge in [0, 0.05) is 23.8 Å². The molecule has 104 valence electrons. The molecule has 3 aromatic rings. The molecule has 3 rings (SSSR count). The zero-order chi connectivity index (χ0) is 15.0. The summed E-state index contributed by atoms with van der Waals surface area (Å²) in [5.41, 5.74) is 1.02. The number of hydrogen-bond donors (Lipinski definition) is 1. The third-order valence-corrected chi connectivity index (χ3v) is 2.93. The molecule has 0 saturated carbocycles. The summed E-state index contributed by atoms with van der Waals surface area (Å²) in [7, 11) is 0. The standard InChI is InChI=1S/C13H8N4O4/c18-13(19)11-7-10(15-12-4-5-14-16(11)12)8-2-1-3-9(6-8)17(20)21/h1-7H,(H,18,19). The van der Waals surface area contributed by atoms with Gasteiger partial charge in [0.15, 0.2) is 11.3 Å². The molecule has 8 heteroatoms. The molecule has 21 heavy (non-hydrogen) atoms. The Hall–Kier alpha value is -3.29. The third-order valence-electron chi connectivity index (χ3n) is 2.93. The van der Waals surface area contributed by atoms with Gasteiger partial charge in [-0.15, -0.1) is 0 Å². The van der Waals surface area contributed by atoms with Gasteiger partial charge in [0.25, 0.3) is 5.69 Å². The number of hydrogen-bond acceptors (Lipinski definition) is 5. The number of non-ortho nitro benzene ring substituents is 1. The van der Waals surface area contributed by atoms with Crippen molar-refractivity contribution in [1.29, 1.82) is 0 Å². The molecule has 0 fully saturated rings. The van der Waals surface area contributed by atoms with Crippen molar-refractivity contribution in [1.82, 2.24) is 14.6 Å². The van der Waals surface area contributed by atoms with E-state index in [-0.39, 0.29) is 11.4 Å². The number of nitrogens with zero attached hydrogens (tertiary/aromatic N) is 4. The normalized spacial score (nSPS) is 10.7. The molecule has 0 unspecified atom stereocenters. The van der Waals surface area contributed by atoms with Crippen molar-refractivity contribution in [2.24, 2.45) is 0 Å². The molecular weight excluding hydrogens is 276 g/mol. The van der Waals surface area contributed by atoms with Gasteiger partial charge in [0.05, 0.1) is 16.8 Å². The van der Waals surface area contributed by atoms with Crippen LogP contribution in [0.2, 0.25) is 0 Å². The Bertz CT molecular complexity index is 871. The van der Waals surface area contributed by atoms with Crippen LogP contribution in [0.4, 0.5) is 5.69 Å². The minimum absolute atomic E-state index is 0.0634. The highest BCUT2D eigenvalue weighted by Crippen LogP contribution is 2.23. The van der Waals surface area contributed by atoms with Crippen LogP contribution in [0.3, 0.4) is 0 Å². The highest BCUT2D eigenvalue weighted by atomic mass is 16.6. The van der Waals surface area contributed by atoms with Crippen LogP contribution in [0.5, 0.6) is 0 Å². The Labute approximate surface area is 117 Å². The number of nitro groups is 1. The second-order valence-corrected chi connectivity index (χ2v) is 4.24. The summed E-state index contributed by atoms with van der Waals surface area (Å²) in [6, 6.07) is 8.76. The van der Waals surface area contributed by atoms with Crippen LogP contribution in [0.25, 0.3) is 16.9 Å². The van der Waals surface area contributed by atoms with E-state index in [0.717, 1.165) is 0 Å². The summed E-state index contributed by atoms with van der Waals surface area (Å²) in [5.74, 6) is -1.15. The maximum absolute atomic E-state index is 11.3. The molecule has 1 aromatic carbocycles. The van der Waals surface area contributed by atoms with Crippen LogP contribution in [0.15, 0.2) is 42.6 Å². The van der Waals surface area contributed by atoms with Gasteiger partial charge >= 0.3 is 5.97 Å². The fourth-order valence-corrected chi connectivity index (χ4v) is 1.99. The molecule has 2 heterocycles. The number of rotatable bonds is 3. The number of aromatic nitrogens is 3. The summed E-state index contributed by atoms with van der Waals surface area (Å²) >= 11 is 0. The van der Waals surface area contributed by atoms with E-state index in [1.54, 1.807) is 12.1 Å². The molecule has 0 saturated heterocycles. The molecule has 0 bridgehead atoms. The maximum atomic E-state index is 11.3. The van der Waals surface area contributed by atoms with Gasteiger partial charge < -0.3 is 5.11 Å². The van der Waals surface area contributed by atoms with Crippen molar-refractivity contribution in [3.05, 3.63) is 58.4 Å². The third kappa shape index (κ3) is 2.18. The number of carboxylic acids is 1. The maximum Gasteiger partial charge on any atom is 0.354 e. The van der Waals surface area contributed by atoms with Crippen LogP contribution in [-0.4, -0.2) is 30.6 Å². The van der Waals surface area contributed by atoms with E-state index in [0.29, 0.717) is 16.9 Å². The lowest BCUT2D eigenvalue weighted by Crippen LogP contribution is -2.08. The van der Waals surface area contributed by atoms with Crippen molar-refractivity contribution in [2.75, 3.05) is 0 Å². The number of carboxylic acid groups (broad SMARTS) is 1. The van der Waals surface area contributed by atoms with E-state index in [2.05, 4.69) is 10.1 Å². The van der Waals surface area contributed by atoms with E-state index in [1.165, 1.54) is 35.0 Å². The number of aromatic carboxylic acids is 1. The molecule has 0 radical (unpaired) electrons. The van der Waals surface area contributed by atoms with Gasteiger partial charge in [-0.25, -0.2) is 14.3 Å². The summed E-state index contributed by atoms with van der Waals surface area (Å²) in [6.07, 6.45) is 1.44. The molecule has 0 atom stereocenters. The summed E-state index contributed by atoms with van der Waals surface area (Å²) in [4.78, 5) is 25.8. The highest BCUT2D eigenvalue weighted by molar-refractivity contribution is 5.88. The molecule has 8 nitrogen and oxygen atoms in total. The van der Waals surface area contributed by atoms with E-state index in [1.807, 2.05) is 0 Å². The molecule has 0 spiro atoms. The fraction of sp³-hybridized carbons (Fsp3) is 0. The Morgan fingerprint density at radius 3 is 2.81 bits per heavy atom. The van der Waals surface area contributed by atoms with Gasteiger partial charge in [-0.05, 0) is 6.07 Å². The minimum Gasteiger partial charge on any atom is -0.477 e. The average Bonchev–Trinajstić information content (AvgIpc) is 2.94. The van der Waals surface area contributed by atoms with Crippen LogP contribution < -0.4 is 0 Å². The van der Waals surface area contributed by atoms with Crippen molar-refractivity contribution >= 4 is 17.3 Å². The van der Waals surface area contributed by atoms with E-state index in [9.17, 15) is 20.0 Å². The quantitative estimate of drug-likeness (QED) is 0.581. The van der Waals surface area contributed by atoms with Crippen LogP contribution in [0.1, 0.15) is 10.5 Å². The van der Waals surface area contributed by atoms with Gasteiger partial charge in [0.1, 0.15) is 0 Å². The minimum atomic E-state index is -1.15. The van der Waals surface area contributed by atoms with Gasteiger partial charge in [-0.3, -0.25) is 10.1 Å². The number of nitro benzene ring substituents is 1. The molecule has 1 N–H and O–H groups in total. The van der Waals surface area contributed by atoms with Crippen molar-refractivity contribution in [2.45, 2.75) is 0 Å². The SMILES string of the molecule is O=C(O)c1cc(-c2cccc([N+](=O)[O-])c2)nc2ccnn12. The first-order valence-corrected chi connectivity index (χ1v) is 5.89. The Kier molecular flexibility index (Phi) is 2.83. The first-order chi connectivity index (χ1) is 10.1. The first kappa shape index (κ1) is 12.7. The lowest BCUT2D eigenvalue weighted by molar-refractivity contribution is -0.384. The lowest BCUT2D eigenvalue weighted by Gasteiger charge is -2.05. The zero-order valence-corrected chi connectivity index (χ0v) is 10.5. The zero-order valence-electron chi connectivity index (χ0n) is 10.5. The summed E-state index contributed by atoms with van der Waals surface area (Å²) in [6.45, 7) is 0. The number of carbonyl (C=O) groups is 1. The van der Waals surface area contributed by atoms with E-state index >= 15 is 0 Å². The fourth-order valence-electron chi connectivity index (χ4n) is 1.99. The smallest absolute Gasteiger partial charge is 0.354 e. The predicted molar refractivity (Wildman–Crippen MR) is 72.0 cm³/mol. The van der Waals surface area contributed by atoms with E-state index < -0.39 is 10.9 Å². The monoisotopic (exact) mass is 284 g/mol. The Morgan fingerprint density at radius 1 is 1.29 bits per heavy atom. The van der Waals surface area contributed by atoms with Crippen molar-refractivity contribution in [3.8, 4) is 11.3 Å². The molecule has 0 aliphatic heterocycles. The Balaban J connectivity index is 2.23. The molecular formula is C13H8N4O4. The van der Waals surface area contributed by atoms with Crippen LogP contribution >= 0.6 is 0 Å². The lowest BCUT2D eigenvalue weighted by atomic mass is 10.1. The Morgan fingerprint density at radius 2 is 2.10 bits per heavy atom. The van der Waals surface area contributed by atoms with Gasteiger partial charge in [-0.1, -0.05) is 12.1 Å². The van der Waals surface area contributed by atoms with Crippen LogP contribution in [-0.2, 0) is 0 Å². The molecule has 0 aliphatic carbocycles. The van der Waals surface area contributed by atoms with Gasteiger partial charge in [0.2, 0.25) is 0 Å². The molecule has 2 aromatic heterocycles. The van der Waals surface area contributed by atoms with Crippen LogP contribution in [0, 0.1) is 10.1 Å². The first-order valence-electron chi connectivity index (χ1n) is 5.89. The second-order valence-electron chi connectivity index (χ2n) is 4.24. The predicted octanol–water partition coefficient (Wildman–Crippen LogP) is 2.00. The second kappa shape index (κ2) is 4.67. The highest BCUT2D eigenvalue weighted by Gasteiger charge is 2.15. The average molecular weight is 284 g/mol. The summed E-state index contributed by atoms with van der Waals surface area (Å²) < 4.78 is 1.20.